The molecule has 184 valence electrons. The third-order valence-corrected chi connectivity index (χ3v) is 6.24. The SMILES string of the molecule is C#CCN[C@@H]1CCc2ccccc21.CCCCCCCC/C=C\CCCCCCCC(=O)O. The number of aryl methyl sites for hydroxylation is 1. The van der Waals surface area contributed by atoms with Gasteiger partial charge in [-0.1, -0.05) is 101 Å². The van der Waals surface area contributed by atoms with E-state index in [2.05, 4.69) is 54.6 Å². The number of carbonyl (C=O) groups is 1. The van der Waals surface area contributed by atoms with Crippen LogP contribution in [-0.2, 0) is 11.2 Å². The molecule has 1 aromatic rings. The van der Waals surface area contributed by atoms with Gasteiger partial charge in [0.05, 0.1) is 6.54 Å². The first-order chi connectivity index (χ1) is 16.2. The summed E-state index contributed by atoms with van der Waals surface area (Å²) in [6.45, 7) is 2.92. The predicted octanol–water partition coefficient (Wildman–Crippen LogP) is 8.01. The molecule has 3 heteroatoms. The summed E-state index contributed by atoms with van der Waals surface area (Å²) in [5.41, 5.74) is 2.90. The summed E-state index contributed by atoms with van der Waals surface area (Å²) in [6, 6.07) is 9.06. The zero-order chi connectivity index (χ0) is 24.0. The average molecular weight is 454 g/mol. The molecule has 0 amide bonds. The van der Waals surface area contributed by atoms with Crippen LogP contribution in [0.25, 0.3) is 0 Å². The van der Waals surface area contributed by atoms with Crippen LogP contribution < -0.4 is 5.32 Å². The average Bonchev–Trinajstić information content (AvgIpc) is 3.23. The molecule has 1 aliphatic carbocycles. The number of nitrogens with one attached hydrogen (secondary N) is 1. The first kappa shape index (κ1) is 29.0. The second kappa shape index (κ2) is 20.5. The first-order valence-corrected chi connectivity index (χ1v) is 13.3. The van der Waals surface area contributed by atoms with E-state index in [0.29, 0.717) is 19.0 Å². The molecule has 0 saturated heterocycles. The molecule has 0 fully saturated rings. The van der Waals surface area contributed by atoms with Crippen molar-refractivity contribution in [3.63, 3.8) is 0 Å². The van der Waals surface area contributed by atoms with Gasteiger partial charge in [0, 0.05) is 12.5 Å². The Morgan fingerprint density at radius 3 is 2.24 bits per heavy atom. The second-order valence-corrected chi connectivity index (χ2v) is 9.10. The molecule has 1 aliphatic rings. The zero-order valence-corrected chi connectivity index (χ0v) is 21.0. The van der Waals surface area contributed by atoms with E-state index in [-0.39, 0.29) is 0 Å². The summed E-state index contributed by atoms with van der Waals surface area (Å²) in [5, 5.41) is 11.9. The Kier molecular flexibility index (Phi) is 18.0. The fourth-order valence-electron chi connectivity index (χ4n) is 4.30. The molecule has 33 heavy (non-hydrogen) atoms. The maximum atomic E-state index is 10.3. The Labute approximate surface area is 203 Å². The highest BCUT2D eigenvalue weighted by atomic mass is 16.4. The standard InChI is InChI=1S/C18H34O2.C12H13N/c1-2-3-4-5-6-7-8-9-10-11-12-13-14-15-16-17-18(19)20;1-2-9-13-12-8-7-10-5-3-4-6-11(10)12/h9-10H,2-8,11-17H2,1H3,(H,19,20);1,3-6,12-13H,7-9H2/b10-9-;/t;12-/m.1/s1. The molecule has 0 aliphatic heterocycles. The fraction of sp³-hybridized carbons (Fsp3) is 0.633. The lowest BCUT2D eigenvalue weighted by Crippen LogP contribution is -2.19. The number of fused-ring (bicyclic) bond motifs is 1. The van der Waals surface area contributed by atoms with E-state index < -0.39 is 5.97 Å². The van der Waals surface area contributed by atoms with Crippen LogP contribution in [-0.4, -0.2) is 17.6 Å². The van der Waals surface area contributed by atoms with Gasteiger partial charge in [0.2, 0.25) is 0 Å². The van der Waals surface area contributed by atoms with Crippen molar-refractivity contribution in [3.05, 3.63) is 47.5 Å². The number of unbranched alkanes of at least 4 members (excludes halogenated alkanes) is 11. The lowest BCUT2D eigenvalue weighted by atomic mass is 10.1. The number of carboxylic acids is 1. The number of hydrogen-bond donors (Lipinski definition) is 2. The van der Waals surface area contributed by atoms with Gasteiger partial charge in [-0.2, -0.15) is 0 Å². The van der Waals surface area contributed by atoms with Gasteiger partial charge in [0.15, 0.2) is 0 Å². The molecule has 0 spiro atoms. The van der Waals surface area contributed by atoms with Gasteiger partial charge >= 0.3 is 5.97 Å². The van der Waals surface area contributed by atoms with Crippen LogP contribution in [0.4, 0.5) is 0 Å². The topological polar surface area (TPSA) is 49.3 Å². The molecule has 3 nitrogen and oxygen atoms in total. The van der Waals surface area contributed by atoms with Gasteiger partial charge in [0.25, 0.3) is 0 Å². The lowest BCUT2D eigenvalue weighted by molar-refractivity contribution is -0.137. The molecule has 2 N–H and O–H groups in total. The minimum Gasteiger partial charge on any atom is -0.481 e. The maximum absolute atomic E-state index is 10.3. The van der Waals surface area contributed by atoms with Gasteiger partial charge in [-0.25, -0.2) is 0 Å². The van der Waals surface area contributed by atoms with Gasteiger partial charge in [-0.15, -0.1) is 6.42 Å². The smallest absolute Gasteiger partial charge is 0.303 e. The fourth-order valence-corrected chi connectivity index (χ4v) is 4.30. The van der Waals surface area contributed by atoms with Crippen molar-refractivity contribution < 1.29 is 9.90 Å². The molecular formula is C30H47NO2. The van der Waals surface area contributed by atoms with Crippen molar-refractivity contribution in [1.29, 1.82) is 0 Å². The van der Waals surface area contributed by atoms with Crippen molar-refractivity contribution in [2.75, 3.05) is 6.54 Å². The van der Waals surface area contributed by atoms with Crippen LogP contribution in [0.1, 0.15) is 120 Å². The maximum Gasteiger partial charge on any atom is 0.303 e. The normalized spacial score (nSPS) is 14.5. The number of allylic oxidation sites excluding steroid dienone is 2. The molecule has 1 aromatic carbocycles. The summed E-state index contributed by atoms with van der Waals surface area (Å²) in [5.74, 6) is 1.95. The highest BCUT2D eigenvalue weighted by Gasteiger charge is 2.20. The molecule has 1 atom stereocenters. The Bertz CT molecular complexity index is 689. The van der Waals surface area contributed by atoms with E-state index in [0.717, 1.165) is 12.8 Å². The molecule has 0 aromatic heterocycles. The Balaban J connectivity index is 0.000000357. The van der Waals surface area contributed by atoms with Gasteiger partial charge in [-0.05, 0) is 56.1 Å². The van der Waals surface area contributed by atoms with Crippen LogP contribution in [0.2, 0.25) is 0 Å². The minimum atomic E-state index is -0.664. The quantitative estimate of drug-likeness (QED) is 0.143. The van der Waals surface area contributed by atoms with Crippen molar-refractivity contribution in [1.82, 2.24) is 5.32 Å². The monoisotopic (exact) mass is 453 g/mol. The van der Waals surface area contributed by atoms with Crippen LogP contribution >= 0.6 is 0 Å². The number of benzene rings is 1. The Hall–Kier alpha value is -2.05. The van der Waals surface area contributed by atoms with Crippen LogP contribution in [0.3, 0.4) is 0 Å². The van der Waals surface area contributed by atoms with Gasteiger partial charge in [0.1, 0.15) is 0 Å². The van der Waals surface area contributed by atoms with Crippen molar-refractivity contribution >= 4 is 5.97 Å². The Morgan fingerprint density at radius 1 is 1.00 bits per heavy atom. The molecule has 0 heterocycles. The van der Waals surface area contributed by atoms with Crippen LogP contribution in [0, 0.1) is 12.3 Å². The number of rotatable bonds is 17. The first-order valence-electron chi connectivity index (χ1n) is 13.3. The van der Waals surface area contributed by atoms with Gasteiger partial charge < -0.3 is 5.11 Å². The van der Waals surface area contributed by atoms with E-state index in [9.17, 15) is 4.79 Å². The number of carboxylic acid groups (broad SMARTS) is 1. The Morgan fingerprint density at radius 2 is 1.61 bits per heavy atom. The van der Waals surface area contributed by atoms with Crippen molar-refractivity contribution in [3.8, 4) is 12.3 Å². The van der Waals surface area contributed by atoms with E-state index in [1.54, 1.807) is 0 Å². The zero-order valence-electron chi connectivity index (χ0n) is 21.0. The summed E-state index contributed by atoms with van der Waals surface area (Å²) >= 11 is 0. The molecular weight excluding hydrogens is 406 g/mol. The largest absolute Gasteiger partial charge is 0.481 e. The van der Waals surface area contributed by atoms with Gasteiger partial charge in [-0.3, -0.25) is 10.1 Å². The van der Waals surface area contributed by atoms with Crippen LogP contribution in [0.5, 0.6) is 0 Å². The highest BCUT2D eigenvalue weighted by Crippen LogP contribution is 2.30. The molecule has 0 radical (unpaired) electrons. The second-order valence-electron chi connectivity index (χ2n) is 9.10. The molecule has 0 saturated carbocycles. The van der Waals surface area contributed by atoms with E-state index in [1.807, 2.05) is 0 Å². The van der Waals surface area contributed by atoms with E-state index >= 15 is 0 Å². The molecule has 0 bridgehead atoms. The minimum absolute atomic E-state index is 0.332. The van der Waals surface area contributed by atoms with Crippen molar-refractivity contribution in [2.45, 2.75) is 116 Å². The van der Waals surface area contributed by atoms with E-state index in [4.69, 9.17) is 11.5 Å². The van der Waals surface area contributed by atoms with Crippen LogP contribution in [0.15, 0.2) is 36.4 Å². The van der Waals surface area contributed by atoms with Crippen molar-refractivity contribution in [2.24, 2.45) is 0 Å². The molecule has 0 unspecified atom stereocenters. The highest BCUT2D eigenvalue weighted by molar-refractivity contribution is 5.66. The third-order valence-electron chi connectivity index (χ3n) is 6.24. The lowest BCUT2D eigenvalue weighted by Gasteiger charge is -2.10. The number of hydrogen-bond acceptors (Lipinski definition) is 2. The third kappa shape index (κ3) is 15.4. The summed E-state index contributed by atoms with van der Waals surface area (Å²) < 4.78 is 0. The number of aliphatic carboxylic acids is 1. The summed E-state index contributed by atoms with van der Waals surface area (Å²) in [7, 11) is 0. The summed E-state index contributed by atoms with van der Waals surface area (Å²) in [4.78, 5) is 10.3. The van der Waals surface area contributed by atoms with E-state index in [1.165, 1.54) is 94.6 Å². The summed E-state index contributed by atoms with van der Waals surface area (Å²) in [6.07, 6.45) is 28.8. The predicted molar refractivity (Wildman–Crippen MR) is 141 cm³/mol. The number of terminal acetylenes is 1. The molecule has 2 rings (SSSR count).